The second kappa shape index (κ2) is 4.63. The average Bonchev–Trinajstić information content (AvgIpc) is 2.58. The van der Waals surface area contributed by atoms with Gasteiger partial charge in [-0.15, -0.1) is 0 Å². The molecular formula is C13H18FNO2. The van der Waals surface area contributed by atoms with Gasteiger partial charge in [0, 0.05) is 19.5 Å². The molecular weight excluding hydrogens is 221 g/mol. The van der Waals surface area contributed by atoms with E-state index in [1.54, 1.807) is 12.1 Å². The highest BCUT2D eigenvalue weighted by Crippen LogP contribution is 2.26. The number of methoxy groups -OCH3 is 1. The number of β-amino-alcohol motifs (C(OH)–C–C–N with tert-alkyl or cyclic N) is 1. The molecule has 1 aliphatic heterocycles. The largest absolute Gasteiger partial charge is 0.494 e. The number of hydrogen-bond acceptors (Lipinski definition) is 3. The molecule has 1 aliphatic rings. The van der Waals surface area contributed by atoms with Crippen molar-refractivity contribution in [3.63, 3.8) is 0 Å². The van der Waals surface area contributed by atoms with Crippen molar-refractivity contribution in [3.8, 4) is 5.75 Å². The minimum absolute atomic E-state index is 0.240. The third-order valence-corrected chi connectivity index (χ3v) is 3.27. The predicted molar refractivity (Wildman–Crippen MR) is 63.7 cm³/mol. The molecule has 3 nitrogen and oxygen atoms in total. The molecule has 1 unspecified atom stereocenters. The Kier molecular flexibility index (Phi) is 3.35. The molecule has 94 valence electrons. The fourth-order valence-electron chi connectivity index (χ4n) is 2.40. The molecule has 1 heterocycles. The molecule has 0 spiro atoms. The number of likely N-dealkylation sites (N-methyl/N-ethyl adjacent to an activating group) is 1. The highest BCUT2D eigenvalue weighted by molar-refractivity contribution is 5.30. The number of ether oxygens (including phenoxy) is 1. The van der Waals surface area contributed by atoms with Gasteiger partial charge >= 0.3 is 0 Å². The number of likely N-dealkylation sites (tertiary alicyclic amines) is 1. The van der Waals surface area contributed by atoms with Gasteiger partial charge in [-0.05, 0) is 31.2 Å². The van der Waals surface area contributed by atoms with Gasteiger partial charge in [0.05, 0.1) is 12.7 Å². The molecule has 2 rings (SSSR count). The van der Waals surface area contributed by atoms with Crippen molar-refractivity contribution in [2.24, 2.45) is 0 Å². The Hall–Kier alpha value is -1.13. The molecule has 1 aromatic carbocycles. The fourth-order valence-corrected chi connectivity index (χ4v) is 2.40. The number of rotatable bonds is 3. The summed E-state index contributed by atoms with van der Waals surface area (Å²) in [6.45, 7) is 1.52. The van der Waals surface area contributed by atoms with Crippen LogP contribution in [0.3, 0.4) is 0 Å². The van der Waals surface area contributed by atoms with Crippen molar-refractivity contribution in [2.45, 2.75) is 18.4 Å². The molecule has 1 fully saturated rings. The topological polar surface area (TPSA) is 32.7 Å². The molecule has 1 saturated heterocycles. The first kappa shape index (κ1) is 12.3. The molecule has 1 atom stereocenters. The third kappa shape index (κ3) is 2.76. The van der Waals surface area contributed by atoms with E-state index in [1.807, 2.05) is 7.05 Å². The number of nitrogens with zero attached hydrogens (tertiary/aromatic N) is 1. The summed E-state index contributed by atoms with van der Waals surface area (Å²) >= 11 is 0. The van der Waals surface area contributed by atoms with Crippen LogP contribution in [0, 0.1) is 5.82 Å². The summed E-state index contributed by atoms with van der Waals surface area (Å²) in [5.74, 6) is -0.135. The molecule has 1 N–H and O–H groups in total. The zero-order valence-corrected chi connectivity index (χ0v) is 10.2. The summed E-state index contributed by atoms with van der Waals surface area (Å²) in [4.78, 5) is 2.08. The molecule has 0 saturated carbocycles. The van der Waals surface area contributed by atoms with Crippen molar-refractivity contribution in [2.75, 3.05) is 27.2 Å². The van der Waals surface area contributed by atoms with Crippen molar-refractivity contribution >= 4 is 0 Å². The highest BCUT2D eigenvalue weighted by Gasteiger charge is 2.34. The lowest BCUT2D eigenvalue weighted by atomic mass is 9.93. The summed E-state index contributed by atoms with van der Waals surface area (Å²) in [5, 5.41) is 10.3. The molecule has 0 aliphatic carbocycles. The van der Waals surface area contributed by atoms with Gasteiger partial charge in [0.15, 0.2) is 11.6 Å². The van der Waals surface area contributed by atoms with Gasteiger partial charge in [-0.1, -0.05) is 6.07 Å². The van der Waals surface area contributed by atoms with Crippen molar-refractivity contribution in [1.82, 2.24) is 4.90 Å². The van der Waals surface area contributed by atoms with Crippen LogP contribution in [0.2, 0.25) is 0 Å². The minimum Gasteiger partial charge on any atom is -0.494 e. The summed E-state index contributed by atoms with van der Waals surface area (Å²) in [6, 6.07) is 4.85. The van der Waals surface area contributed by atoms with Crippen LogP contribution in [0.4, 0.5) is 4.39 Å². The number of halogens is 1. The quantitative estimate of drug-likeness (QED) is 0.866. The zero-order chi connectivity index (χ0) is 12.5. The standard InChI is InChI=1S/C13H18FNO2/c1-15-6-5-13(16,9-15)8-10-3-4-12(17-2)11(14)7-10/h3-4,7,16H,5-6,8-9H2,1-2H3. The normalized spacial score (nSPS) is 25.2. The van der Waals surface area contributed by atoms with E-state index in [0.717, 1.165) is 18.5 Å². The number of hydrogen-bond donors (Lipinski definition) is 1. The van der Waals surface area contributed by atoms with Crippen molar-refractivity contribution < 1.29 is 14.2 Å². The molecule has 1 aromatic rings. The van der Waals surface area contributed by atoms with Gasteiger partial charge in [0.1, 0.15) is 0 Å². The minimum atomic E-state index is -0.726. The Bertz CT molecular complexity index is 410. The lowest BCUT2D eigenvalue weighted by Gasteiger charge is -2.22. The van der Waals surface area contributed by atoms with E-state index in [0.29, 0.717) is 13.0 Å². The predicted octanol–water partition coefficient (Wildman–Crippen LogP) is 1.44. The maximum Gasteiger partial charge on any atom is 0.165 e. The number of aliphatic hydroxyl groups is 1. The van der Waals surface area contributed by atoms with Crippen LogP contribution in [-0.4, -0.2) is 42.9 Å². The van der Waals surface area contributed by atoms with Gasteiger partial charge in [-0.25, -0.2) is 4.39 Å². The van der Waals surface area contributed by atoms with Crippen molar-refractivity contribution in [1.29, 1.82) is 0 Å². The molecule has 0 aromatic heterocycles. The smallest absolute Gasteiger partial charge is 0.165 e. The monoisotopic (exact) mass is 239 g/mol. The average molecular weight is 239 g/mol. The summed E-state index contributed by atoms with van der Waals surface area (Å²) < 4.78 is 18.4. The van der Waals surface area contributed by atoms with Crippen LogP contribution in [-0.2, 0) is 6.42 Å². The first-order valence-corrected chi connectivity index (χ1v) is 5.76. The lowest BCUT2D eigenvalue weighted by molar-refractivity contribution is 0.0523. The van der Waals surface area contributed by atoms with Crippen molar-refractivity contribution in [3.05, 3.63) is 29.6 Å². The van der Waals surface area contributed by atoms with Crippen LogP contribution in [0.15, 0.2) is 18.2 Å². The second-order valence-electron chi connectivity index (χ2n) is 4.86. The maximum absolute atomic E-state index is 13.5. The van der Waals surface area contributed by atoms with Gasteiger partial charge in [0.25, 0.3) is 0 Å². The highest BCUT2D eigenvalue weighted by atomic mass is 19.1. The van der Waals surface area contributed by atoms with Crippen LogP contribution in [0.1, 0.15) is 12.0 Å². The fraction of sp³-hybridized carbons (Fsp3) is 0.538. The van der Waals surface area contributed by atoms with E-state index in [2.05, 4.69) is 4.90 Å². The first-order valence-electron chi connectivity index (χ1n) is 5.76. The number of benzene rings is 1. The van der Waals surface area contributed by atoms with E-state index in [1.165, 1.54) is 13.2 Å². The van der Waals surface area contributed by atoms with Gasteiger partial charge in [-0.2, -0.15) is 0 Å². The second-order valence-corrected chi connectivity index (χ2v) is 4.86. The Morgan fingerprint density at radius 2 is 2.29 bits per heavy atom. The summed E-state index contributed by atoms with van der Waals surface area (Å²) in [6.07, 6.45) is 1.22. The molecule has 4 heteroatoms. The van der Waals surface area contributed by atoms with E-state index >= 15 is 0 Å². The Balaban J connectivity index is 2.11. The Morgan fingerprint density at radius 3 is 2.82 bits per heavy atom. The van der Waals surface area contributed by atoms with E-state index < -0.39 is 5.60 Å². The van der Waals surface area contributed by atoms with Crippen LogP contribution < -0.4 is 4.74 Å². The van der Waals surface area contributed by atoms with Gasteiger partial charge in [-0.3, -0.25) is 0 Å². The Morgan fingerprint density at radius 1 is 1.53 bits per heavy atom. The third-order valence-electron chi connectivity index (χ3n) is 3.27. The van der Waals surface area contributed by atoms with E-state index in [4.69, 9.17) is 4.74 Å². The molecule has 17 heavy (non-hydrogen) atoms. The maximum atomic E-state index is 13.5. The van der Waals surface area contributed by atoms with Crippen LogP contribution >= 0.6 is 0 Å². The van der Waals surface area contributed by atoms with E-state index in [9.17, 15) is 9.50 Å². The zero-order valence-electron chi connectivity index (χ0n) is 10.2. The first-order chi connectivity index (χ1) is 8.02. The molecule has 0 amide bonds. The van der Waals surface area contributed by atoms with Crippen LogP contribution in [0.25, 0.3) is 0 Å². The summed E-state index contributed by atoms with van der Waals surface area (Å²) in [5.41, 5.74) is 0.0802. The van der Waals surface area contributed by atoms with Gasteiger partial charge < -0.3 is 14.7 Å². The summed E-state index contributed by atoms with van der Waals surface area (Å²) in [7, 11) is 3.42. The lowest BCUT2D eigenvalue weighted by Crippen LogP contribution is -2.34. The van der Waals surface area contributed by atoms with Crippen LogP contribution in [0.5, 0.6) is 5.75 Å². The van der Waals surface area contributed by atoms with E-state index in [-0.39, 0.29) is 11.6 Å². The van der Waals surface area contributed by atoms with Gasteiger partial charge in [0.2, 0.25) is 0 Å². The Labute approximate surface area is 101 Å². The molecule has 0 radical (unpaired) electrons. The SMILES string of the molecule is COc1ccc(CC2(O)CCN(C)C2)cc1F. The molecule has 0 bridgehead atoms.